The first-order valence-corrected chi connectivity index (χ1v) is 12.7. The molecule has 194 valence electrons. The van der Waals surface area contributed by atoms with Crippen LogP contribution in [0.3, 0.4) is 0 Å². The van der Waals surface area contributed by atoms with Crippen LogP contribution in [-0.2, 0) is 12.7 Å². The number of benzene rings is 1. The predicted octanol–water partition coefficient (Wildman–Crippen LogP) is 6.45. The maximum Gasteiger partial charge on any atom is 0.433 e. The lowest BCUT2D eigenvalue weighted by molar-refractivity contribution is -0.141. The van der Waals surface area contributed by atoms with Gasteiger partial charge < -0.3 is 14.0 Å². The number of alkyl halides is 3. The van der Waals surface area contributed by atoms with Crippen molar-refractivity contribution in [2.24, 2.45) is 0 Å². The average molecular weight is 522 g/mol. The quantitative estimate of drug-likeness (QED) is 0.155. The summed E-state index contributed by atoms with van der Waals surface area (Å²) in [7, 11) is 3.05. The third kappa shape index (κ3) is 7.49. The van der Waals surface area contributed by atoms with Gasteiger partial charge in [0, 0.05) is 23.6 Å². The Bertz CT molecular complexity index is 1220. The van der Waals surface area contributed by atoms with Crippen LogP contribution in [0.15, 0.2) is 52.5 Å². The van der Waals surface area contributed by atoms with Gasteiger partial charge in [0.15, 0.2) is 16.7 Å². The number of unbranched alkanes of at least 4 members (excludes halogenated alkanes) is 4. The first-order valence-electron chi connectivity index (χ1n) is 11.8. The predicted molar refractivity (Wildman–Crippen MR) is 135 cm³/mol. The molecule has 2 aromatic heterocycles. The molecular formula is C26H30F3N3O3S. The highest BCUT2D eigenvalue weighted by Crippen LogP contribution is 2.32. The molecule has 0 saturated carbocycles. The van der Waals surface area contributed by atoms with E-state index in [1.165, 1.54) is 48.9 Å². The Hall–Kier alpha value is -3.01. The molecule has 36 heavy (non-hydrogen) atoms. The summed E-state index contributed by atoms with van der Waals surface area (Å²) in [6.07, 6.45) is 2.19. The van der Waals surface area contributed by atoms with Crippen molar-refractivity contribution in [1.82, 2.24) is 14.5 Å². The Morgan fingerprint density at radius 2 is 1.69 bits per heavy atom. The minimum Gasteiger partial charge on any atom is -0.493 e. The van der Waals surface area contributed by atoms with Gasteiger partial charge in [-0.3, -0.25) is 4.79 Å². The van der Waals surface area contributed by atoms with Crippen LogP contribution in [0.4, 0.5) is 13.2 Å². The van der Waals surface area contributed by atoms with E-state index >= 15 is 0 Å². The highest BCUT2D eigenvalue weighted by atomic mass is 32.2. The van der Waals surface area contributed by atoms with Crippen molar-refractivity contribution >= 4 is 11.8 Å². The van der Waals surface area contributed by atoms with E-state index in [1.807, 2.05) is 0 Å². The molecule has 0 aliphatic carbocycles. The van der Waals surface area contributed by atoms with Gasteiger partial charge in [0.2, 0.25) is 0 Å². The van der Waals surface area contributed by atoms with Crippen LogP contribution < -0.4 is 15.0 Å². The molecule has 3 rings (SSSR count). The van der Waals surface area contributed by atoms with Crippen LogP contribution in [-0.4, -0.2) is 34.5 Å². The van der Waals surface area contributed by atoms with Crippen LogP contribution in [0, 0.1) is 0 Å². The number of halogens is 3. The summed E-state index contributed by atoms with van der Waals surface area (Å²) in [6, 6.07) is 9.00. The van der Waals surface area contributed by atoms with Gasteiger partial charge >= 0.3 is 6.18 Å². The lowest BCUT2D eigenvalue weighted by Crippen LogP contribution is -2.19. The highest BCUT2D eigenvalue weighted by Gasteiger charge is 2.34. The van der Waals surface area contributed by atoms with Crippen LogP contribution >= 0.6 is 11.8 Å². The third-order valence-electron chi connectivity index (χ3n) is 5.56. The van der Waals surface area contributed by atoms with E-state index < -0.39 is 11.9 Å². The average Bonchev–Trinajstić information content (AvgIpc) is 2.86. The van der Waals surface area contributed by atoms with Crippen LogP contribution in [0.1, 0.15) is 50.3 Å². The van der Waals surface area contributed by atoms with E-state index in [1.54, 1.807) is 18.2 Å². The molecule has 6 nitrogen and oxygen atoms in total. The standard InChI is InChI=1S/C26H30F3N3O3S/c1-4-5-6-7-8-13-36-25-30-20(15-23(31-25)26(27,28)29)19-10-12-24(33)32(17-19)16-18-9-11-21(34-2)22(14-18)35-3/h9-12,14-15,17H,4-8,13,16H2,1-3H3. The van der Waals surface area contributed by atoms with E-state index in [-0.39, 0.29) is 23.0 Å². The van der Waals surface area contributed by atoms with Gasteiger partial charge in [0.25, 0.3) is 5.56 Å². The summed E-state index contributed by atoms with van der Waals surface area (Å²) in [6.45, 7) is 2.33. The van der Waals surface area contributed by atoms with E-state index in [9.17, 15) is 18.0 Å². The van der Waals surface area contributed by atoms with Crippen molar-refractivity contribution in [2.45, 2.75) is 56.9 Å². The van der Waals surface area contributed by atoms with Gasteiger partial charge in [-0.1, -0.05) is 50.4 Å². The van der Waals surface area contributed by atoms with Crippen LogP contribution in [0.2, 0.25) is 0 Å². The van der Waals surface area contributed by atoms with Crippen LogP contribution in [0.5, 0.6) is 11.5 Å². The number of thioether (sulfide) groups is 1. The number of rotatable bonds is 12. The summed E-state index contributed by atoms with van der Waals surface area (Å²) in [5.74, 6) is 1.71. The molecule has 0 bridgehead atoms. The number of ether oxygens (including phenoxy) is 2. The van der Waals surface area contributed by atoms with Crippen molar-refractivity contribution in [2.75, 3.05) is 20.0 Å². The van der Waals surface area contributed by atoms with Gasteiger partial charge in [-0.05, 0) is 36.2 Å². The molecule has 10 heteroatoms. The molecule has 0 radical (unpaired) electrons. The molecule has 0 fully saturated rings. The topological polar surface area (TPSA) is 66.2 Å². The Kier molecular flexibility index (Phi) is 9.81. The van der Waals surface area contributed by atoms with E-state index in [0.717, 1.165) is 43.7 Å². The largest absolute Gasteiger partial charge is 0.493 e. The molecule has 0 amide bonds. The lowest BCUT2D eigenvalue weighted by atomic mass is 10.1. The molecule has 0 spiro atoms. The maximum absolute atomic E-state index is 13.6. The number of hydrogen-bond acceptors (Lipinski definition) is 6. The zero-order valence-corrected chi connectivity index (χ0v) is 21.4. The fourth-order valence-electron chi connectivity index (χ4n) is 3.63. The molecule has 0 aliphatic heterocycles. The van der Waals surface area contributed by atoms with Gasteiger partial charge in [-0.15, -0.1) is 0 Å². The van der Waals surface area contributed by atoms with E-state index in [0.29, 0.717) is 22.8 Å². The van der Waals surface area contributed by atoms with Crippen molar-refractivity contribution in [1.29, 1.82) is 0 Å². The monoisotopic (exact) mass is 521 g/mol. The third-order valence-corrected chi connectivity index (χ3v) is 6.49. The Labute approximate surface area is 212 Å². The second kappa shape index (κ2) is 12.8. The lowest BCUT2D eigenvalue weighted by Gasteiger charge is -2.13. The number of pyridine rings is 1. The summed E-state index contributed by atoms with van der Waals surface area (Å²) in [5.41, 5.74) is -0.0107. The van der Waals surface area contributed by atoms with Crippen molar-refractivity contribution in [3.8, 4) is 22.8 Å². The molecule has 0 saturated heterocycles. The molecule has 2 heterocycles. The number of nitrogens with zero attached hydrogens (tertiary/aromatic N) is 3. The summed E-state index contributed by atoms with van der Waals surface area (Å²) < 4.78 is 52.7. The first kappa shape index (κ1) is 27.6. The van der Waals surface area contributed by atoms with Crippen molar-refractivity contribution < 1.29 is 22.6 Å². The summed E-state index contributed by atoms with van der Waals surface area (Å²) >= 11 is 1.22. The molecule has 3 aromatic rings. The van der Waals surface area contributed by atoms with E-state index in [2.05, 4.69) is 16.9 Å². The molecule has 0 N–H and O–H groups in total. The minimum atomic E-state index is -4.61. The van der Waals surface area contributed by atoms with Crippen LogP contribution in [0.25, 0.3) is 11.3 Å². The molecule has 0 atom stereocenters. The summed E-state index contributed by atoms with van der Waals surface area (Å²) in [4.78, 5) is 20.6. The molecule has 1 aromatic carbocycles. The van der Waals surface area contributed by atoms with Crippen molar-refractivity contribution in [3.63, 3.8) is 0 Å². The first-order chi connectivity index (χ1) is 17.2. The fraction of sp³-hybridized carbons (Fsp3) is 0.423. The van der Waals surface area contributed by atoms with Crippen molar-refractivity contribution in [3.05, 3.63) is 64.2 Å². The van der Waals surface area contributed by atoms with Gasteiger partial charge in [-0.2, -0.15) is 13.2 Å². The normalized spacial score (nSPS) is 11.5. The summed E-state index contributed by atoms with van der Waals surface area (Å²) in [5, 5.41) is 0.0768. The minimum absolute atomic E-state index is 0.0768. The second-order valence-electron chi connectivity index (χ2n) is 8.25. The second-order valence-corrected chi connectivity index (χ2v) is 9.32. The number of hydrogen-bond donors (Lipinski definition) is 0. The molecule has 0 aliphatic rings. The molecule has 0 unspecified atom stereocenters. The smallest absolute Gasteiger partial charge is 0.433 e. The highest BCUT2D eigenvalue weighted by molar-refractivity contribution is 7.99. The number of aromatic nitrogens is 3. The van der Waals surface area contributed by atoms with Gasteiger partial charge in [-0.25, -0.2) is 9.97 Å². The maximum atomic E-state index is 13.6. The number of methoxy groups -OCH3 is 2. The van der Waals surface area contributed by atoms with E-state index in [4.69, 9.17) is 9.47 Å². The SMILES string of the molecule is CCCCCCCSc1nc(-c2ccc(=O)n(Cc3ccc(OC)c(OC)c3)c2)cc(C(F)(F)F)n1. The Morgan fingerprint density at radius 3 is 2.39 bits per heavy atom. The fourth-order valence-corrected chi connectivity index (χ4v) is 4.49. The zero-order chi connectivity index (χ0) is 26.1. The Morgan fingerprint density at radius 1 is 0.944 bits per heavy atom. The van der Waals surface area contributed by atoms with Gasteiger partial charge in [0.1, 0.15) is 5.69 Å². The zero-order valence-electron chi connectivity index (χ0n) is 20.6. The Balaban J connectivity index is 1.88. The van der Waals surface area contributed by atoms with Gasteiger partial charge in [0.05, 0.1) is 26.5 Å². The molecular weight excluding hydrogens is 491 g/mol.